The van der Waals surface area contributed by atoms with Crippen LogP contribution >= 0.6 is 11.6 Å². The zero-order chi connectivity index (χ0) is 21.6. The van der Waals surface area contributed by atoms with E-state index in [9.17, 15) is 9.59 Å². The van der Waals surface area contributed by atoms with Crippen LogP contribution in [0, 0.1) is 0 Å². The van der Waals surface area contributed by atoms with Crippen LogP contribution in [0.1, 0.15) is 30.0 Å². The zero-order valence-electron chi connectivity index (χ0n) is 17.3. The van der Waals surface area contributed by atoms with E-state index in [1.54, 1.807) is 6.07 Å². The molecule has 3 aromatic rings. The smallest absolute Gasteiger partial charge is 0.309 e. The average molecular weight is 436 g/mol. The summed E-state index contributed by atoms with van der Waals surface area (Å²) in [6.07, 6.45) is 2.29. The fourth-order valence-electron chi connectivity index (χ4n) is 4.20. The second kappa shape index (κ2) is 9.94. The van der Waals surface area contributed by atoms with Crippen molar-refractivity contribution in [3.8, 4) is 0 Å². The standard InChI is InChI=1S/C25H26ClN3O2/c26-22-13-4-2-9-19(22)16-27-24(30)25(31)28-17-23(29-14-5-6-15-29)21-12-7-10-18-8-1-3-11-20(18)21/h1-4,7-13,23H,5-6,14-17H2,(H,27,30)(H,28,31). The maximum Gasteiger partial charge on any atom is 0.309 e. The predicted molar refractivity (Wildman–Crippen MR) is 124 cm³/mol. The Hall–Kier alpha value is -2.89. The van der Waals surface area contributed by atoms with Gasteiger partial charge in [-0.1, -0.05) is 72.3 Å². The molecule has 0 aliphatic carbocycles. The van der Waals surface area contributed by atoms with Gasteiger partial charge in [-0.2, -0.15) is 0 Å². The summed E-state index contributed by atoms with van der Waals surface area (Å²) in [5.74, 6) is -1.28. The molecule has 1 unspecified atom stereocenters. The lowest BCUT2D eigenvalue weighted by atomic mass is 9.97. The van der Waals surface area contributed by atoms with Gasteiger partial charge < -0.3 is 10.6 Å². The fourth-order valence-corrected chi connectivity index (χ4v) is 4.40. The highest BCUT2D eigenvalue weighted by Gasteiger charge is 2.26. The number of amides is 2. The van der Waals surface area contributed by atoms with Crippen molar-refractivity contribution in [2.24, 2.45) is 0 Å². The highest BCUT2D eigenvalue weighted by molar-refractivity contribution is 6.35. The molecule has 3 aromatic carbocycles. The molecule has 1 saturated heterocycles. The van der Waals surface area contributed by atoms with Gasteiger partial charge in [0.15, 0.2) is 0 Å². The number of nitrogens with one attached hydrogen (secondary N) is 2. The number of fused-ring (bicyclic) bond motifs is 1. The minimum absolute atomic E-state index is 0.0221. The molecule has 2 N–H and O–H groups in total. The van der Waals surface area contributed by atoms with Gasteiger partial charge in [0.25, 0.3) is 0 Å². The largest absolute Gasteiger partial charge is 0.346 e. The van der Waals surface area contributed by atoms with E-state index >= 15 is 0 Å². The number of hydrogen-bond donors (Lipinski definition) is 2. The normalized spacial score (nSPS) is 15.0. The van der Waals surface area contributed by atoms with Crippen LogP contribution in [0.4, 0.5) is 0 Å². The lowest BCUT2D eigenvalue weighted by Crippen LogP contribution is -2.43. The Morgan fingerprint density at radius 3 is 2.35 bits per heavy atom. The first-order valence-corrected chi connectivity index (χ1v) is 11.0. The molecule has 1 heterocycles. The Kier molecular flexibility index (Phi) is 6.85. The molecule has 1 fully saturated rings. The molecule has 31 heavy (non-hydrogen) atoms. The molecule has 1 aliphatic heterocycles. The molecule has 4 rings (SSSR count). The molecule has 5 nitrogen and oxygen atoms in total. The van der Waals surface area contributed by atoms with E-state index < -0.39 is 11.8 Å². The monoisotopic (exact) mass is 435 g/mol. The molecule has 0 bridgehead atoms. The summed E-state index contributed by atoms with van der Waals surface area (Å²) in [7, 11) is 0. The number of halogens is 1. The van der Waals surface area contributed by atoms with Crippen LogP contribution < -0.4 is 10.6 Å². The van der Waals surface area contributed by atoms with Crippen molar-refractivity contribution in [3.63, 3.8) is 0 Å². The summed E-state index contributed by atoms with van der Waals surface area (Å²) >= 11 is 6.12. The molecule has 0 aromatic heterocycles. The van der Waals surface area contributed by atoms with Gasteiger partial charge >= 0.3 is 11.8 Å². The van der Waals surface area contributed by atoms with E-state index in [0.29, 0.717) is 11.6 Å². The summed E-state index contributed by atoms with van der Waals surface area (Å²) in [5, 5.41) is 8.42. The van der Waals surface area contributed by atoms with E-state index in [1.807, 2.05) is 30.3 Å². The Bertz CT molecular complexity index is 1070. The predicted octanol–water partition coefficient (Wildman–Crippen LogP) is 4.06. The summed E-state index contributed by atoms with van der Waals surface area (Å²) < 4.78 is 0. The quantitative estimate of drug-likeness (QED) is 0.574. The average Bonchev–Trinajstić information content (AvgIpc) is 3.33. The first-order valence-electron chi connectivity index (χ1n) is 10.6. The highest BCUT2D eigenvalue weighted by atomic mass is 35.5. The summed E-state index contributed by atoms with van der Waals surface area (Å²) in [6.45, 7) is 2.57. The molecule has 1 atom stereocenters. The van der Waals surface area contributed by atoms with Gasteiger partial charge in [0, 0.05) is 18.1 Å². The van der Waals surface area contributed by atoms with Crippen molar-refractivity contribution >= 4 is 34.2 Å². The second-order valence-electron chi connectivity index (χ2n) is 7.81. The molecule has 0 radical (unpaired) electrons. The van der Waals surface area contributed by atoms with E-state index in [-0.39, 0.29) is 12.6 Å². The summed E-state index contributed by atoms with van der Waals surface area (Å²) in [5.41, 5.74) is 1.95. The van der Waals surface area contributed by atoms with Crippen LogP contribution in [0.2, 0.25) is 5.02 Å². The van der Waals surface area contributed by atoms with Crippen molar-refractivity contribution < 1.29 is 9.59 Å². The third kappa shape index (κ3) is 5.06. The van der Waals surface area contributed by atoms with Gasteiger partial charge in [0.1, 0.15) is 0 Å². The number of benzene rings is 3. The molecule has 160 valence electrons. The van der Waals surface area contributed by atoms with Crippen molar-refractivity contribution in [3.05, 3.63) is 82.9 Å². The zero-order valence-corrected chi connectivity index (χ0v) is 18.1. The van der Waals surface area contributed by atoms with E-state index in [0.717, 1.165) is 31.5 Å². The number of hydrogen-bond acceptors (Lipinski definition) is 3. The fraction of sp³-hybridized carbons (Fsp3) is 0.280. The molecule has 1 aliphatic rings. The van der Waals surface area contributed by atoms with Gasteiger partial charge in [-0.25, -0.2) is 0 Å². The van der Waals surface area contributed by atoms with Gasteiger partial charge in [0.2, 0.25) is 0 Å². The van der Waals surface area contributed by atoms with E-state index in [1.165, 1.54) is 16.3 Å². The van der Waals surface area contributed by atoms with Gasteiger partial charge in [-0.3, -0.25) is 14.5 Å². The van der Waals surface area contributed by atoms with Gasteiger partial charge in [0.05, 0.1) is 6.04 Å². The van der Waals surface area contributed by atoms with Crippen molar-refractivity contribution in [2.75, 3.05) is 19.6 Å². The lowest BCUT2D eigenvalue weighted by molar-refractivity contribution is -0.139. The van der Waals surface area contributed by atoms with E-state index in [2.05, 4.69) is 45.9 Å². The van der Waals surface area contributed by atoms with Gasteiger partial charge in [-0.05, 0) is 53.9 Å². The Morgan fingerprint density at radius 2 is 1.55 bits per heavy atom. The molecule has 0 spiro atoms. The highest BCUT2D eigenvalue weighted by Crippen LogP contribution is 2.30. The second-order valence-corrected chi connectivity index (χ2v) is 8.22. The van der Waals surface area contributed by atoms with Crippen LogP contribution in [0.25, 0.3) is 10.8 Å². The number of carbonyl (C=O) groups is 2. The van der Waals surface area contributed by atoms with Crippen LogP contribution in [0.5, 0.6) is 0 Å². The Morgan fingerprint density at radius 1 is 0.871 bits per heavy atom. The number of carbonyl (C=O) groups excluding carboxylic acids is 2. The summed E-state index contributed by atoms with van der Waals surface area (Å²) in [6, 6.07) is 21.8. The Labute approximate surface area is 187 Å². The maximum atomic E-state index is 12.5. The number of rotatable bonds is 6. The SMILES string of the molecule is O=C(NCc1ccccc1Cl)C(=O)NCC(c1cccc2ccccc12)N1CCCC1. The van der Waals surface area contributed by atoms with Crippen molar-refractivity contribution in [1.29, 1.82) is 0 Å². The van der Waals surface area contributed by atoms with E-state index in [4.69, 9.17) is 11.6 Å². The van der Waals surface area contributed by atoms with Crippen LogP contribution in [-0.2, 0) is 16.1 Å². The molecular weight excluding hydrogens is 410 g/mol. The van der Waals surface area contributed by atoms with Crippen LogP contribution in [0.3, 0.4) is 0 Å². The van der Waals surface area contributed by atoms with Gasteiger partial charge in [-0.15, -0.1) is 0 Å². The summed E-state index contributed by atoms with van der Waals surface area (Å²) in [4.78, 5) is 27.2. The third-order valence-corrected chi connectivity index (χ3v) is 6.19. The van der Waals surface area contributed by atoms with Crippen molar-refractivity contribution in [2.45, 2.75) is 25.4 Å². The molecule has 0 saturated carbocycles. The minimum Gasteiger partial charge on any atom is -0.346 e. The molecule has 2 amide bonds. The molecule has 6 heteroatoms. The Balaban J connectivity index is 1.44. The number of nitrogens with zero attached hydrogens (tertiary/aromatic N) is 1. The lowest BCUT2D eigenvalue weighted by Gasteiger charge is -2.29. The van der Waals surface area contributed by atoms with Crippen LogP contribution in [0.15, 0.2) is 66.7 Å². The molecular formula is C25H26ClN3O2. The topological polar surface area (TPSA) is 61.4 Å². The number of likely N-dealkylation sites (tertiary alicyclic amines) is 1. The maximum absolute atomic E-state index is 12.5. The van der Waals surface area contributed by atoms with Crippen molar-refractivity contribution in [1.82, 2.24) is 15.5 Å². The van der Waals surface area contributed by atoms with Crippen LogP contribution in [-0.4, -0.2) is 36.3 Å². The minimum atomic E-state index is -0.655. The first kappa shape index (κ1) is 21.3. The first-order chi connectivity index (χ1) is 15.1. The third-order valence-electron chi connectivity index (χ3n) is 5.82.